The molecule has 3 aromatic rings. The molecule has 0 saturated carbocycles. The minimum atomic E-state index is -1.03. The summed E-state index contributed by atoms with van der Waals surface area (Å²) in [5.74, 6) is -0.932. The molecule has 10 heteroatoms. The number of aromatic nitrogens is 3. The molecule has 1 aromatic heterocycles. The number of carboxylic acids is 1. The minimum Gasteiger partial charge on any atom is -0.478 e. The number of nitrogens with one attached hydrogen (secondary N) is 2. The number of carboxylic acid groups (broad SMARTS) is 1. The summed E-state index contributed by atoms with van der Waals surface area (Å²) < 4.78 is 1.68. The topological polar surface area (TPSA) is 126 Å². The van der Waals surface area contributed by atoms with Gasteiger partial charge in [-0.25, -0.2) is 4.79 Å². The summed E-state index contributed by atoms with van der Waals surface area (Å²) in [7, 11) is 1.74. The van der Waals surface area contributed by atoms with E-state index in [0.29, 0.717) is 16.7 Å². The fraction of sp³-hybridized carbons (Fsp3) is 0.190. The van der Waals surface area contributed by atoms with Crippen LogP contribution in [0.2, 0.25) is 0 Å². The average molecular weight is 439 g/mol. The Hall–Kier alpha value is -3.66. The van der Waals surface area contributed by atoms with Gasteiger partial charge >= 0.3 is 5.97 Å². The molecule has 2 amide bonds. The third-order valence-electron chi connectivity index (χ3n) is 4.41. The van der Waals surface area contributed by atoms with E-state index in [1.54, 1.807) is 11.6 Å². The largest absolute Gasteiger partial charge is 0.478 e. The van der Waals surface area contributed by atoms with E-state index in [0.717, 1.165) is 11.3 Å². The van der Waals surface area contributed by atoms with Gasteiger partial charge in [0.15, 0.2) is 5.16 Å². The van der Waals surface area contributed by atoms with Gasteiger partial charge in [0.25, 0.3) is 0 Å². The molecule has 1 heterocycles. The van der Waals surface area contributed by atoms with Crippen molar-refractivity contribution in [1.82, 2.24) is 14.8 Å². The van der Waals surface area contributed by atoms with Crippen LogP contribution in [0.4, 0.5) is 11.4 Å². The van der Waals surface area contributed by atoms with Gasteiger partial charge in [0.05, 0.1) is 17.7 Å². The van der Waals surface area contributed by atoms with Crippen LogP contribution in [0.25, 0.3) is 0 Å². The SMILES string of the molecule is Cc1ccccc1NC(=O)Cc1nnc(SCC(=O)Nc2ccc(C(=O)O)cc2)n1C. The second kappa shape index (κ2) is 9.90. The molecule has 0 saturated heterocycles. The van der Waals surface area contributed by atoms with Gasteiger partial charge in [-0.1, -0.05) is 30.0 Å². The van der Waals surface area contributed by atoms with Crippen molar-refractivity contribution >= 4 is 40.9 Å². The molecule has 2 aromatic carbocycles. The van der Waals surface area contributed by atoms with Crippen molar-refractivity contribution in [2.24, 2.45) is 7.05 Å². The molecule has 0 aliphatic heterocycles. The van der Waals surface area contributed by atoms with Crippen LogP contribution in [-0.2, 0) is 23.1 Å². The number of carbonyl (C=O) groups excluding carboxylic acids is 2. The standard InChI is InChI=1S/C21H21N5O4S/c1-13-5-3-4-6-16(13)23-18(27)11-17-24-25-21(26(17)2)31-12-19(28)22-15-9-7-14(8-10-15)20(29)30/h3-10H,11-12H2,1-2H3,(H,22,28)(H,23,27)(H,29,30). The van der Waals surface area contributed by atoms with Gasteiger partial charge in [-0.3, -0.25) is 9.59 Å². The summed E-state index contributed by atoms with van der Waals surface area (Å²) in [5, 5.41) is 23.1. The second-order valence-electron chi connectivity index (χ2n) is 6.72. The number of benzene rings is 2. The van der Waals surface area contributed by atoms with Crippen LogP contribution in [0.15, 0.2) is 53.7 Å². The fourth-order valence-electron chi connectivity index (χ4n) is 2.70. The molecule has 160 valence electrons. The highest BCUT2D eigenvalue weighted by atomic mass is 32.2. The summed E-state index contributed by atoms with van der Waals surface area (Å²) in [4.78, 5) is 35.4. The van der Waals surface area contributed by atoms with E-state index in [-0.39, 0.29) is 29.6 Å². The maximum atomic E-state index is 12.3. The average Bonchev–Trinajstić information content (AvgIpc) is 3.08. The second-order valence-corrected chi connectivity index (χ2v) is 7.66. The number of aryl methyl sites for hydroxylation is 1. The van der Waals surface area contributed by atoms with Crippen LogP contribution < -0.4 is 10.6 Å². The third-order valence-corrected chi connectivity index (χ3v) is 5.43. The predicted molar refractivity (Wildman–Crippen MR) is 117 cm³/mol. The van der Waals surface area contributed by atoms with Crippen molar-refractivity contribution < 1.29 is 19.5 Å². The van der Waals surface area contributed by atoms with Crippen LogP contribution in [0.1, 0.15) is 21.7 Å². The molecule has 0 unspecified atom stereocenters. The number of para-hydroxylation sites is 1. The van der Waals surface area contributed by atoms with E-state index in [2.05, 4.69) is 20.8 Å². The first-order chi connectivity index (χ1) is 14.8. The van der Waals surface area contributed by atoms with Gasteiger partial charge in [-0.2, -0.15) is 0 Å². The zero-order chi connectivity index (χ0) is 22.4. The fourth-order valence-corrected chi connectivity index (χ4v) is 3.43. The Balaban J connectivity index is 1.52. The Labute approximate surface area is 182 Å². The number of amides is 2. The first kappa shape index (κ1) is 22.0. The zero-order valence-corrected chi connectivity index (χ0v) is 17.8. The van der Waals surface area contributed by atoms with Crippen molar-refractivity contribution in [3.8, 4) is 0 Å². The number of rotatable bonds is 8. The molecule has 0 aliphatic carbocycles. The van der Waals surface area contributed by atoms with Gasteiger partial charge in [-0.05, 0) is 42.8 Å². The summed E-state index contributed by atoms with van der Waals surface area (Å²) in [6, 6.07) is 13.4. The highest BCUT2D eigenvalue weighted by Crippen LogP contribution is 2.18. The van der Waals surface area contributed by atoms with E-state index in [4.69, 9.17) is 5.11 Å². The van der Waals surface area contributed by atoms with Crippen LogP contribution in [0.3, 0.4) is 0 Å². The first-order valence-electron chi connectivity index (χ1n) is 9.33. The zero-order valence-electron chi connectivity index (χ0n) is 17.0. The number of thioether (sulfide) groups is 1. The van der Waals surface area contributed by atoms with Gasteiger partial charge in [0, 0.05) is 18.4 Å². The Morgan fingerprint density at radius 2 is 1.71 bits per heavy atom. The summed E-state index contributed by atoms with van der Waals surface area (Å²) in [6.45, 7) is 1.91. The normalized spacial score (nSPS) is 10.5. The van der Waals surface area contributed by atoms with E-state index in [1.165, 1.54) is 36.0 Å². The monoisotopic (exact) mass is 439 g/mol. The Kier molecular flexibility index (Phi) is 7.03. The van der Waals surface area contributed by atoms with Crippen molar-refractivity contribution in [3.63, 3.8) is 0 Å². The van der Waals surface area contributed by atoms with Crippen molar-refractivity contribution in [2.45, 2.75) is 18.5 Å². The number of hydrogen-bond acceptors (Lipinski definition) is 6. The highest BCUT2D eigenvalue weighted by Gasteiger charge is 2.15. The molecular weight excluding hydrogens is 418 g/mol. The molecule has 0 radical (unpaired) electrons. The highest BCUT2D eigenvalue weighted by molar-refractivity contribution is 7.99. The molecule has 31 heavy (non-hydrogen) atoms. The van der Waals surface area contributed by atoms with Crippen LogP contribution in [-0.4, -0.2) is 43.4 Å². The van der Waals surface area contributed by atoms with Crippen LogP contribution in [0.5, 0.6) is 0 Å². The van der Waals surface area contributed by atoms with Gasteiger partial charge < -0.3 is 20.3 Å². The van der Waals surface area contributed by atoms with Gasteiger partial charge in [0.2, 0.25) is 11.8 Å². The maximum absolute atomic E-state index is 12.3. The molecule has 3 N–H and O–H groups in total. The molecule has 9 nitrogen and oxygen atoms in total. The molecule has 0 aliphatic rings. The number of anilines is 2. The van der Waals surface area contributed by atoms with Crippen molar-refractivity contribution in [2.75, 3.05) is 16.4 Å². The Bertz CT molecular complexity index is 1110. The number of aromatic carboxylic acids is 1. The van der Waals surface area contributed by atoms with Crippen molar-refractivity contribution in [1.29, 1.82) is 0 Å². The predicted octanol–water partition coefficient (Wildman–Crippen LogP) is 2.73. The summed E-state index contributed by atoms with van der Waals surface area (Å²) >= 11 is 1.19. The lowest BCUT2D eigenvalue weighted by molar-refractivity contribution is -0.116. The number of hydrogen-bond donors (Lipinski definition) is 3. The van der Waals surface area contributed by atoms with E-state index >= 15 is 0 Å². The van der Waals surface area contributed by atoms with Gasteiger partial charge in [0.1, 0.15) is 5.82 Å². The number of nitrogens with zero attached hydrogens (tertiary/aromatic N) is 3. The van der Waals surface area contributed by atoms with Crippen molar-refractivity contribution in [3.05, 3.63) is 65.5 Å². The lowest BCUT2D eigenvalue weighted by atomic mass is 10.2. The maximum Gasteiger partial charge on any atom is 0.335 e. The summed E-state index contributed by atoms with van der Waals surface area (Å²) in [6.07, 6.45) is 0.0561. The molecule has 3 rings (SSSR count). The molecule has 0 bridgehead atoms. The molecule has 0 atom stereocenters. The minimum absolute atomic E-state index is 0.0561. The van der Waals surface area contributed by atoms with Gasteiger partial charge in [-0.15, -0.1) is 10.2 Å². The summed E-state index contributed by atoms with van der Waals surface area (Å²) in [5.41, 5.74) is 2.36. The molecular formula is C21H21N5O4S. The lowest BCUT2D eigenvalue weighted by Gasteiger charge is -2.08. The molecule has 0 fully saturated rings. The van der Waals surface area contributed by atoms with E-state index in [9.17, 15) is 14.4 Å². The Morgan fingerprint density at radius 1 is 1.00 bits per heavy atom. The first-order valence-corrected chi connectivity index (χ1v) is 10.3. The quantitative estimate of drug-likeness (QED) is 0.461. The van der Waals surface area contributed by atoms with Crippen LogP contribution >= 0.6 is 11.8 Å². The smallest absolute Gasteiger partial charge is 0.335 e. The van der Waals surface area contributed by atoms with Crippen LogP contribution in [0, 0.1) is 6.92 Å². The number of carbonyl (C=O) groups is 3. The van der Waals surface area contributed by atoms with E-state index < -0.39 is 5.97 Å². The third kappa shape index (κ3) is 5.92. The Morgan fingerprint density at radius 3 is 2.39 bits per heavy atom. The lowest BCUT2D eigenvalue weighted by Crippen LogP contribution is -2.17. The molecule has 0 spiro atoms. The van der Waals surface area contributed by atoms with E-state index in [1.807, 2.05) is 31.2 Å².